The summed E-state index contributed by atoms with van der Waals surface area (Å²) in [5.41, 5.74) is 2.42. The van der Waals surface area contributed by atoms with E-state index in [0.717, 1.165) is 26.2 Å². The van der Waals surface area contributed by atoms with Gasteiger partial charge in [-0.3, -0.25) is 4.90 Å². The van der Waals surface area contributed by atoms with E-state index < -0.39 is 0 Å². The molecule has 0 bridgehead atoms. The molecule has 0 spiro atoms. The van der Waals surface area contributed by atoms with Crippen LogP contribution in [0, 0.1) is 0 Å². The second-order valence-electron chi connectivity index (χ2n) is 3.75. The van der Waals surface area contributed by atoms with Crippen molar-refractivity contribution in [1.29, 1.82) is 0 Å². The summed E-state index contributed by atoms with van der Waals surface area (Å²) in [6.45, 7) is 4.14. The minimum Gasteiger partial charge on any atom is -0.360 e. The van der Waals surface area contributed by atoms with Crippen molar-refractivity contribution in [1.82, 2.24) is 20.5 Å². The molecule has 4 N–H and O–H groups in total. The molecule has 0 saturated carbocycles. The second-order valence-corrected chi connectivity index (χ2v) is 4.16. The van der Waals surface area contributed by atoms with Gasteiger partial charge in [0.2, 0.25) is 0 Å². The summed E-state index contributed by atoms with van der Waals surface area (Å²) in [6, 6.07) is 0.500. The molecule has 0 aromatic carbocycles. The van der Waals surface area contributed by atoms with Crippen LogP contribution in [0.4, 0.5) is 0 Å². The Morgan fingerprint density at radius 2 is 2.21 bits per heavy atom. The van der Waals surface area contributed by atoms with E-state index >= 15 is 0 Å². The average Bonchev–Trinajstić information content (AvgIpc) is 2.19. The molecule has 1 heterocycles. The van der Waals surface area contributed by atoms with E-state index in [0.29, 0.717) is 11.2 Å². The van der Waals surface area contributed by atoms with Crippen molar-refractivity contribution in [3.05, 3.63) is 0 Å². The Labute approximate surface area is 90.6 Å². The number of nitrogens with two attached hydrogens (primary N) is 1. The average molecular weight is 217 g/mol. The Balaban J connectivity index is 2.30. The highest BCUT2D eigenvalue weighted by Crippen LogP contribution is 2.04. The van der Waals surface area contributed by atoms with Crippen LogP contribution in [-0.2, 0) is 0 Å². The number of hydrazine groups is 1. The Morgan fingerprint density at radius 1 is 1.50 bits per heavy atom. The molecule has 5 nitrogen and oxygen atoms in total. The first kappa shape index (κ1) is 11.6. The Hall–Kier alpha value is -0.430. The molecule has 0 aromatic rings. The fourth-order valence-electron chi connectivity index (χ4n) is 1.58. The fourth-order valence-corrected chi connectivity index (χ4v) is 1.67. The lowest BCUT2D eigenvalue weighted by Crippen LogP contribution is -2.55. The number of thiocarbonyl (C=S) groups is 1. The summed E-state index contributed by atoms with van der Waals surface area (Å²) in [5.74, 6) is 5.17. The SMILES string of the molecule is CN1CCN(C)C(CNC(=S)NN)C1. The quantitative estimate of drug-likeness (QED) is 0.300. The number of hydrogen-bond acceptors (Lipinski definition) is 4. The fraction of sp³-hybridized carbons (Fsp3) is 0.875. The van der Waals surface area contributed by atoms with E-state index in [2.05, 4.69) is 34.6 Å². The van der Waals surface area contributed by atoms with Crippen molar-refractivity contribution < 1.29 is 0 Å². The molecule has 1 fully saturated rings. The summed E-state index contributed by atoms with van der Waals surface area (Å²) >= 11 is 4.91. The van der Waals surface area contributed by atoms with Gasteiger partial charge in [-0.2, -0.15) is 0 Å². The van der Waals surface area contributed by atoms with E-state index in [9.17, 15) is 0 Å². The van der Waals surface area contributed by atoms with Crippen molar-refractivity contribution in [3.8, 4) is 0 Å². The zero-order valence-electron chi connectivity index (χ0n) is 8.79. The van der Waals surface area contributed by atoms with E-state index in [1.54, 1.807) is 0 Å². The van der Waals surface area contributed by atoms with Gasteiger partial charge in [0.15, 0.2) is 5.11 Å². The van der Waals surface area contributed by atoms with Gasteiger partial charge in [0.25, 0.3) is 0 Å². The first-order valence-electron chi connectivity index (χ1n) is 4.76. The topological polar surface area (TPSA) is 56.6 Å². The van der Waals surface area contributed by atoms with Gasteiger partial charge in [-0.05, 0) is 26.3 Å². The predicted molar refractivity (Wildman–Crippen MR) is 61.8 cm³/mol. The summed E-state index contributed by atoms with van der Waals surface area (Å²) < 4.78 is 0. The van der Waals surface area contributed by atoms with Crippen LogP contribution in [0.2, 0.25) is 0 Å². The zero-order chi connectivity index (χ0) is 10.6. The lowest BCUT2D eigenvalue weighted by Gasteiger charge is -2.37. The zero-order valence-corrected chi connectivity index (χ0v) is 9.60. The number of rotatable bonds is 2. The summed E-state index contributed by atoms with van der Waals surface area (Å²) in [5, 5.41) is 3.59. The minimum atomic E-state index is 0.500. The number of nitrogens with zero attached hydrogens (tertiary/aromatic N) is 2. The van der Waals surface area contributed by atoms with Gasteiger partial charge in [0.1, 0.15) is 0 Å². The van der Waals surface area contributed by atoms with Crippen LogP contribution in [0.25, 0.3) is 0 Å². The third-order valence-corrected chi connectivity index (χ3v) is 2.87. The Kier molecular flexibility index (Phi) is 4.53. The van der Waals surface area contributed by atoms with Crippen LogP contribution >= 0.6 is 12.2 Å². The molecule has 1 saturated heterocycles. The molecular weight excluding hydrogens is 198 g/mol. The molecule has 0 aromatic heterocycles. The normalized spacial score (nSPS) is 24.6. The maximum Gasteiger partial charge on any atom is 0.180 e. The van der Waals surface area contributed by atoms with Crippen LogP contribution in [-0.4, -0.2) is 61.2 Å². The van der Waals surface area contributed by atoms with Crippen molar-refractivity contribution in [2.75, 3.05) is 40.3 Å². The second kappa shape index (κ2) is 5.45. The van der Waals surface area contributed by atoms with Crippen LogP contribution < -0.4 is 16.6 Å². The molecule has 1 unspecified atom stereocenters. The van der Waals surface area contributed by atoms with E-state index in [-0.39, 0.29) is 0 Å². The molecule has 1 aliphatic heterocycles. The molecule has 1 aliphatic rings. The van der Waals surface area contributed by atoms with Crippen molar-refractivity contribution in [2.24, 2.45) is 5.84 Å². The van der Waals surface area contributed by atoms with Crippen LogP contribution in [0.15, 0.2) is 0 Å². The summed E-state index contributed by atoms with van der Waals surface area (Å²) in [7, 11) is 4.28. The van der Waals surface area contributed by atoms with Gasteiger partial charge in [-0.15, -0.1) is 0 Å². The van der Waals surface area contributed by atoms with Crippen LogP contribution in [0.1, 0.15) is 0 Å². The Morgan fingerprint density at radius 3 is 2.86 bits per heavy atom. The monoisotopic (exact) mass is 217 g/mol. The van der Waals surface area contributed by atoms with Gasteiger partial charge >= 0.3 is 0 Å². The van der Waals surface area contributed by atoms with Crippen LogP contribution in [0.3, 0.4) is 0 Å². The molecule has 1 rings (SSSR count). The molecule has 14 heavy (non-hydrogen) atoms. The number of piperazine rings is 1. The van der Waals surface area contributed by atoms with Crippen molar-refractivity contribution in [3.63, 3.8) is 0 Å². The van der Waals surface area contributed by atoms with Gasteiger partial charge in [-0.25, -0.2) is 5.84 Å². The Bertz CT molecular complexity index is 198. The molecule has 0 amide bonds. The number of likely N-dealkylation sites (N-methyl/N-ethyl adjacent to an activating group) is 2. The molecule has 0 aliphatic carbocycles. The van der Waals surface area contributed by atoms with E-state index in [1.807, 2.05) is 0 Å². The van der Waals surface area contributed by atoms with Crippen molar-refractivity contribution in [2.45, 2.75) is 6.04 Å². The summed E-state index contributed by atoms with van der Waals surface area (Å²) in [4.78, 5) is 4.66. The summed E-state index contributed by atoms with van der Waals surface area (Å²) in [6.07, 6.45) is 0. The minimum absolute atomic E-state index is 0.500. The number of hydrogen-bond donors (Lipinski definition) is 3. The molecule has 82 valence electrons. The first-order valence-corrected chi connectivity index (χ1v) is 5.17. The highest BCUT2D eigenvalue weighted by atomic mass is 32.1. The standard InChI is InChI=1S/C8H19N5S/c1-12-3-4-13(2)7(6-12)5-10-8(14)11-9/h7H,3-6,9H2,1-2H3,(H2,10,11,14). The molecule has 6 heteroatoms. The maximum atomic E-state index is 5.17. The number of nitrogens with one attached hydrogen (secondary N) is 2. The highest BCUT2D eigenvalue weighted by molar-refractivity contribution is 7.80. The van der Waals surface area contributed by atoms with Gasteiger partial charge in [0.05, 0.1) is 0 Å². The maximum absolute atomic E-state index is 5.17. The molecular formula is C8H19N5S. The first-order chi connectivity index (χ1) is 6.63. The third kappa shape index (κ3) is 3.38. The smallest absolute Gasteiger partial charge is 0.180 e. The lowest BCUT2D eigenvalue weighted by molar-refractivity contribution is 0.116. The molecule has 0 radical (unpaired) electrons. The highest BCUT2D eigenvalue weighted by Gasteiger charge is 2.21. The van der Waals surface area contributed by atoms with Gasteiger partial charge < -0.3 is 15.6 Å². The van der Waals surface area contributed by atoms with Crippen molar-refractivity contribution >= 4 is 17.3 Å². The third-order valence-electron chi connectivity index (χ3n) is 2.61. The van der Waals surface area contributed by atoms with E-state index in [1.165, 1.54) is 0 Å². The lowest BCUT2D eigenvalue weighted by atomic mass is 10.2. The van der Waals surface area contributed by atoms with E-state index in [4.69, 9.17) is 18.1 Å². The van der Waals surface area contributed by atoms with Gasteiger partial charge in [0, 0.05) is 32.2 Å². The largest absolute Gasteiger partial charge is 0.360 e. The molecule has 1 atom stereocenters. The van der Waals surface area contributed by atoms with Gasteiger partial charge in [-0.1, -0.05) is 0 Å². The van der Waals surface area contributed by atoms with Crippen LogP contribution in [0.5, 0.6) is 0 Å². The predicted octanol–water partition coefficient (Wildman–Crippen LogP) is -1.43.